The highest BCUT2D eigenvalue weighted by Crippen LogP contribution is 2.24. The van der Waals surface area contributed by atoms with Crippen molar-refractivity contribution in [2.45, 2.75) is 5.92 Å². The third-order valence-electron chi connectivity index (χ3n) is 4.19. The molecule has 0 fully saturated rings. The van der Waals surface area contributed by atoms with Crippen LogP contribution in [-0.2, 0) is 9.59 Å². The van der Waals surface area contributed by atoms with Crippen molar-refractivity contribution in [1.29, 1.82) is 0 Å². The van der Waals surface area contributed by atoms with Gasteiger partial charge in [-0.2, -0.15) is 0 Å². The van der Waals surface area contributed by atoms with E-state index in [1.165, 1.54) is 0 Å². The van der Waals surface area contributed by atoms with Crippen LogP contribution >= 0.6 is 12.2 Å². The average molecular weight is 420 g/mol. The molecule has 2 amide bonds. The molecule has 152 valence electrons. The zero-order valence-corrected chi connectivity index (χ0v) is 16.9. The lowest BCUT2D eigenvalue weighted by Crippen LogP contribution is -2.50. The quantitative estimate of drug-likeness (QED) is 0.423. The van der Waals surface area contributed by atoms with Crippen LogP contribution in [0.1, 0.15) is 17.0 Å². The summed E-state index contributed by atoms with van der Waals surface area (Å²) in [4.78, 5) is 24.8. The van der Waals surface area contributed by atoms with E-state index in [9.17, 15) is 9.59 Å². The lowest BCUT2D eigenvalue weighted by atomic mass is 9.91. The van der Waals surface area contributed by atoms with Crippen LogP contribution in [-0.4, -0.2) is 23.5 Å². The van der Waals surface area contributed by atoms with E-state index in [2.05, 4.69) is 16.2 Å². The number of rotatable bonds is 6. The number of carbonyl (C=O) groups is 2. The van der Waals surface area contributed by atoms with Gasteiger partial charge in [-0.25, -0.2) is 0 Å². The van der Waals surface area contributed by atoms with Gasteiger partial charge in [-0.1, -0.05) is 78.9 Å². The summed E-state index contributed by atoms with van der Waals surface area (Å²) in [6.07, 6.45) is 0. The van der Waals surface area contributed by atoms with Crippen LogP contribution < -0.4 is 20.9 Å². The first-order valence-electron chi connectivity index (χ1n) is 9.31. The highest BCUT2D eigenvalue weighted by molar-refractivity contribution is 7.80. The zero-order valence-electron chi connectivity index (χ0n) is 16.1. The summed E-state index contributed by atoms with van der Waals surface area (Å²) in [5.74, 6) is -0.689. The highest BCUT2D eigenvalue weighted by atomic mass is 32.1. The van der Waals surface area contributed by atoms with Crippen LogP contribution in [0.15, 0.2) is 91.0 Å². The van der Waals surface area contributed by atoms with Gasteiger partial charge < -0.3 is 4.74 Å². The molecule has 0 spiro atoms. The maximum atomic E-state index is 12.9. The van der Waals surface area contributed by atoms with Crippen molar-refractivity contribution < 1.29 is 14.3 Å². The van der Waals surface area contributed by atoms with E-state index in [1.54, 1.807) is 12.1 Å². The van der Waals surface area contributed by atoms with E-state index in [0.29, 0.717) is 5.75 Å². The van der Waals surface area contributed by atoms with Gasteiger partial charge in [0.1, 0.15) is 5.75 Å². The van der Waals surface area contributed by atoms with E-state index in [1.807, 2.05) is 78.9 Å². The minimum absolute atomic E-state index is 0.0233. The number of ether oxygens (including phenoxy) is 1. The minimum Gasteiger partial charge on any atom is -0.484 e. The number of hydrogen-bond acceptors (Lipinski definition) is 4. The third-order valence-corrected chi connectivity index (χ3v) is 4.40. The molecule has 0 heterocycles. The number of benzene rings is 3. The largest absolute Gasteiger partial charge is 0.484 e. The van der Waals surface area contributed by atoms with E-state index < -0.39 is 11.8 Å². The molecular formula is C23H21N3O3S. The number of carbonyl (C=O) groups excluding carboxylic acids is 2. The molecule has 3 aromatic rings. The van der Waals surface area contributed by atoms with Crippen molar-refractivity contribution in [1.82, 2.24) is 16.2 Å². The number of nitrogens with one attached hydrogen (secondary N) is 3. The Kier molecular flexibility index (Phi) is 7.51. The number of hydrogen-bond donors (Lipinski definition) is 3. The van der Waals surface area contributed by atoms with Gasteiger partial charge in [0, 0.05) is 0 Å². The molecule has 0 aliphatic rings. The number of amides is 2. The van der Waals surface area contributed by atoms with Gasteiger partial charge in [0.05, 0.1) is 5.92 Å². The molecule has 0 bridgehead atoms. The van der Waals surface area contributed by atoms with Gasteiger partial charge in [0.25, 0.3) is 5.91 Å². The fourth-order valence-electron chi connectivity index (χ4n) is 2.84. The van der Waals surface area contributed by atoms with Crippen molar-refractivity contribution in [3.05, 3.63) is 102 Å². The van der Waals surface area contributed by atoms with Crippen molar-refractivity contribution in [2.24, 2.45) is 0 Å². The molecule has 7 heteroatoms. The summed E-state index contributed by atoms with van der Waals surface area (Å²) in [5, 5.41) is 2.44. The molecular weight excluding hydrogens is 398 g/mol. The summed E-state index contributed by atoms with van der Waals surface area (Å²) in [6, 6.07) is 27.8. The molecule has 3 rings (SSSR count). The molecule has 0 saturated carbocycles. The van der Waals surface area contributed by atoms with E-state index in [-0.39, 0.29) is 17.6 Å². The summed E-state index contributed by atoms with van der Waals surface area (Å²) >= 11 is 5.09. The summed E-state index contributed by atoms with van der Waals surface area (Å²) < 4.78 is 5.36. The number of para-hydroxylation sites is 1. The fraction of sp³-hybridized carbons (Fsp3) is 0.0870. The molecule has 0 unspecified atom stereocenters. The third kappa shape index (κ3) is 6.15. The second kappa shape index (κ2) is 10.7. The Morgan fingerprint density at radius 1 is 0.767 bits per heavy atom. The van der Waals surface area contributed by atoms with Crippen molar-refractivity contribution in [3.63, 3.8) is 0 Å². The Hall–Kier alpha value is -3.71. The van der Waals surface area contributed by atoms with Crippen LogP contribution in [0.5, 0.6) is 5.75 Å². The molecule has 3 N–H and O–H groups in total. The van der Waals surface area contributed by atoms with Crippen molar-refractivity contribution in [2.75, 3.05) is 6.61 Å². The van der Waals surface area contributed by atoms with Crippen LogP contribution in [0, 0.1) is 0 Å². The number of thiocarbonyl (C=S) groups is 1. The maximum Gasteiger partial charge on any atom is 0.264 e. The molecule has 0 aliphatic carbocycles. The standard InChI is InChI=1S/C23H21N3O3S/c27-20(16-29-19-14-8-3-9-15-19)24-23(30)26-25-22(28)21(17-10-4-1-5-11-17)18-12-6-2-7-13-18/h1-15,21H,16H2,(H,25,28)(H2,24,26,27,30). The maximum absolute atomic E-state index is 12.9. The molecule has 0 atom stereocenters. The molecule has 6 nitrogen and oxygen atoms in total. The van der Waals surface area contributed by atoms with E-state index in [4.69, 9.17) is 17.0 Å². The molecule has 30 heavy (non-hydrogen) atoms. The predicted molar refractivity (Wildman–Crippen MR) is 119 cm³/mol. The normalized spacial score (nSPS) is 10.2. The number of hydrazine groups is 1. The van der Waals surface area contributed by atoms with Gasteiger partial charge in [-0.3, -0.25) is 25.8 Å². The molecule has 0 radical (unpaired) electrons. The molecule has 3 aromatic carbocycles. The minimum atomic E-state index is -0.528. The van der Waals surface area contributed by atoms with E-state index in [0.717, 1.165) is 11.1 Å². The van der Waals surface area contributed by atoms with Crippen molar-refractivity contribution in [3.8, 4) is 5.75 Å². The monoisotopic (exact) mass is 419 g/mol. The Morgan fingerprint density at radius 2 is 1.27 bits per heavy atom. The van der Waals surface area contributed by atoms with Crippen LogP contribution in [0.4, 0.5) is 0 Å². The van der Waals surface area contributed by atoms with Crippen LogP contribution in [0.25, 0.3) is 0 Å². The van der Waals surface area contributed by atoms with Gasteiger partial charge in [-0.05, 0) is 35.5 Å². The second-order valence-corrected chi connectivity index (χ2v) is 6.76. The van der Waals surface area contributed by atoms with Crippen LogP contribution in [0.3, 0.4) is 0 Å². The summed E-state index contributed by atoms with van der Waals surface area (Å²) in [7, 11) is 0. The van der Waals surface area contributed by atoms with Gasteiger partial charge >= 0.3 is 0 Å². The van der Waals surface area contributed by atoms with E-state index >= 15 is 0 Å². The van der Waals surface area contributed by atoms with Crippen LogP contribution in [0.2, 0.25) is 0 Å². The van der Waals surface area contributed by atoms with Gasteiger partial charge in [0.2, 0.25) is 5.91 Å². The lowest BCUT2D eigenvalue weighted by Gasteiger charge is -2.19. The lowest BCUT2D eigenvalue weighted by molar-refractivity contribution is -0.123. The first-order valence-corrected chi connectivity index (χ1v) is 9.72. The van der Waals surface area contributed by atoms with Crippen molar-refractivity contribution >= 4 is 29.1 Å². The Morgan fingerprint density at radius 3 is 1.80 bits per heavy atom. The first kappa shape index (κ1) is 21.0. The fourth-order valence-corrected chi connectivity index (χ4v) is 3.00. The summed E-state index contributed by atoms with van der Waals surface area (Å²) in [5.41, 5.74) is 6.83. The highest BCUT2D eigenvalue weighted by Gasteiger charge is 2.22. The Balaban J connectivity index is 1.54. The SMILES string of the molecule is O=C(COc1ccccc1)NC(=S)NNC(=O)C(c1ccccc1)c1ccccc1. The summed E-state index contributed by atoms with van der Waals surface area (Å²) in [6.45, 7) is -0.198. The zero-order chi connectivity index (χ0) is 21.2. The average Bonchev–Trinajstić information content (AvgIpc) is 2.79. The molecule has 0 aliphatic heterocycles. The molecule has 0 aromatic heterocycles. The Bertz CT molecular complexity index is 943. The Labute approximate surface area is 180 Å². The van der Waals surface area contributed by atoms with Gasteiger partial charge in [0.15, 0.2) is 11.7 Å². The predicted octanol–water partition coefficient (Wildman–Crippen LogP) is 2.92. The second-order valence-electron chi connectivity index (χ2n) is 6.35. The van der Waals surface area contributed by atoms with Gasteiger partial charge in [-0.15, -0.1) is 0 Å². The molecule has 0 saturated heterocycles. The first-order chi connectivity index (χ1) is 14.6. The smallest absolute Gasteiger partial charge is 0.264 e. The topological polar surface area (TPSA) is 79.5 Å².